The predicted octanol–water partition coefficient (Wildman–Crippen LogP) is 0.668. The van der Waals surface area contributed by atoms with Gasteiger partial charge in [0.15, 0.2) is 0 Å². The number of nitrogens with one attached hydrogen (secondary N) is 3. The number of halogens is 1. The summed E-state index contributed by atoms with van der Waals surface area (Å²) < 4.78 is 0.979. The van der Waals surface area contributed by atoms with Crippen molar-refractivity contribution in [3.8, 4) is 0 Å². The molecule has 44 heavy (non-hydrogen) atoms. The van der Waals surface area contributed by atoms with Gasteiger partial charge in [0.05, 0.1) is 0 Å². The molecule has 3 rings (SSSR count). The molecular formula is C31H39IN6O6. The molecule has 2 aromatic rings. The van der Waals surface area contributed by atoms with E-state index in [2.05, 4.69) is 38.5 Å². The molecule has 0 radical (unpaired) electrons. The number of carbonyl (C=O) groups is 6. The van der Waals surface area contributed by atoms with Gasteiger partial charge in [-0.1, -0.05) is 50.2 Å². The summed E-state index contributed by atoms with van der Waals surface area (Å²) in [6.07, 6.45) is -0.0307. The molecule has 0 aromatic heterocycles. The fraction of sp³-hybridized carbons (Fsp3) is 0.419. The SMILES string of the molecule is CC(=O)N[C@H](C(=O)N[C@@H](CCC(N)=O)C(=O)N[C@H](Cc1ccc(I)cc1)C(=O)N1Cc2ccccc2C[C@H]1C(N)=O)C(C)C. The van der Waals surface area contributed by atoms with Crippen LogP contribution in [0.4, 0.5) is 0 Å². The van der Waals surface area contributed by atoms with Gasteiger partial charge in [-0.15, -0.1) is 0 Å². The molecule has 0 saturated carbocycles. The smallest absolute Gasteiger partial charge is 0.246 e. The van der Waals surface area contributed by atoms with Crippen molar-refractivity contribution in [3.05, 3.63) is 68.8 Å². The summed E-state index contributed by atoms with van der Waals surface area (Å²) in [5.41, 5.74) is 13.6. The Morgan fingerprint density at radius 2 is 1.50 bits per heavy atom. The van der Waals surface area contributed by atoms with Crippen molar-refractivity contribution in [1.82, 2.24) is 20.9 Å². The quantitative estimate of drug-likeness (QED) is 0.189. The Morgan fingerprint density at radius 3 is 2.07 bits per heavy atom. The van der Waals surface area contributed by atoms with Gasteiger partial charge in [-0.3, -0.25) is 28.8 Å². The number of rotatable bonds is 13. The number of carbonyl (C=O) groups excluding carboxylic acids is 6. The van der Waals surface area contributed by atoms with Crippen molar-refractivity contribution < 1.29 is 28.8 Å². The van der Waals surface area contributed by atoms with Crippen LogP contribution < -0.4 is 27.4 Å². The van der Waals surface area contributed by atoms with E-state index in [0.29, 0.717) is 0 Å². The predicted molar refractivity (Wildman–Crippen MR) is 171 cm³/mol. The van der Waals surface area contributed by atoms with Gasteiger partial charge in [0.2, 0.25) is 35.4 Å². The molecular weight excluding hydrogens is 679 g/mol. The molecule has 0 fully saturated rings. The third kappa shape index (κ3) is 9.49. The third-order valence-electron chi connectivity index (χ3n) is 7.45. The second kappa shape index (κ2) is 15.6. The summed E-state index contributed by atoms with van der Waals surface area (Å²) in [4.78, 5) is 78.3. The van der Waals surface area contributed by atoms with E-state index in [1.807, 2.05) is 48.5 Å². The van der Waals surface area contributed by atoms with Crippen molar-refractivity contribution in [1.29, 1.82) is 0 Å². The van der Waals surface area contributed by atoms with Gasteiger partial charge in [0.1, 0.15) is 24.2 Å². The highest BCUT2D eigenvalue weighted by Gasteiger charge is 2.38. The van der Waals surface area contributed by atoms with Crippen LogP contribution >= 0.6 is 22.6 Å². The van der Waals surface area contributed by atoms with Crippen molar-refractivity contribution in [3.63, 3.8) is 0 Å². The van der Waals surface area contributed by atoms with E-state index in [1.165, 1.54) is 11.8 Å². The minimum atomic E-state index is -1.24. The number of hydrogen-bond acceptors (Lipinski definition) is 6. The highest BCUT2D eigenvalue weighted by Crippen LogP contribution is 2.25. The van der Waals surface area contributed by atoms with Gasteiger partial charge in [0.25, 0.3) is 0 Å². The molecule has 13 heteroatoms. The Bertz CT molecular complexity index is 1400. The summed E-state index contributed by atoms with van der Waals surface area (Å²) in [5.74, 6) is -3.94. The first kappa shape index (κ1) is 34.5. The monoisotopic (exact) mass is 718 g/mol. The highest BCUT2D eigenvalue weighted by molar-refractivity contribution is 14.1. The van der Waals surface area contributed by atoms with Gasteiger partial charge in [-0.05, 0) is 63.8 Å². The standard InChI is InChI=1S/C31H39IN6O6/c1-17(2)27(35-18(3)39)30(43)36-23(12-13-26(33)40)29(42)37-24(14-19-8-10-22(32)11-9-19)31(44)38-16-21-7-5-4-6-20(21)15-25(38)28(34)41/h4-11,17,23-25,27H,12-16H2,1-3H3,(H2,33,40)(H2,34,41)(H,35,39)(H,36,43)(H,37,42)/t23-,24+,25-,27-/m0/s1. The normalized spacial score (nSPS) is 16.2. The molecule has 6 amide bonds. The Kier molecular flexibility index (Phi) is 12.3. The van der Waals surface area contributed by atoms with Crippen LogP contribution in [0.3, 0.4) is 0 Å². The lowest BCUT2D eigenvalue weighted by Crippen LogP contribution is -2.60. The summed E-state index contributed by atoms with van der Waals surface area (Å²) in [7, 11) is 0. The molecule has 0 saturated heterocycles. The zero-order valence-electron chi connectivity index (χ0n) is 25.0. The lowest BCUT2D eigenvalue weighted by atomic mass is 9.92. The first-order valence-electron chi connectivity index (χ1n) is 14.3. The first-order chi connectivity index (χ1) is 20.8. The van der Waals surface area contributed by atoms with Crippen LogP contribution in [0.25, 0.3) is 0 Å². The molecule has 2 aromatic carbocycles. The Balaban J connectivity index is 1.93. The molecule has 7 N–H and O–H groups in total. The van der Waals surface area contributed by atoms with E-state index >= 15 is 0 Å². The molecule has 0 spiro atoms. The van der Waals surface area contributed by atoms with Gasteiger partial charge in [-0.2, -0.15) is 0 Å². The number of benzene rings is 2. The minimum Gasteiger partial charge on any atom is -0.370 e. The number of amides is 6. The maximum Gasteiger partial charge on any atom is 0.246 e. The van der Waals surface area contributed by atoms with Gasteiger partial charge in [-0.25, -0.2) is 0 Å². The molecule has 1 heterocycles. The van der Waals surface area contributed by atoms with Crippen LogP contribution in [-0.2, 0) is 48.2 Å². The average Bonchev–Trinajstić information content (AvgIpc) is 2.97. The van der Waals surface area contributed by atoms with Crippen LogP contribution in [0.15, 0.2) is 48.5 Å². The van der Waals surface area contributed by atoms with Gasteiger partial charge >= 0.3 is 0 Å². The Labute approximate surface area is 270 Å². The van der Waals surface area contributed by atoms with Crippen LogP contribution in [0.2, 0.25) is 0 Å². The zero-order chi connectivity index (χ0) is 32.6. The van der Waals surface area contributed by atoms with E-state index in [4.69, 9.17) is 11.5 Å². The largest absolute Gasteiger partial charge is 0.370 e. The van der Waals surface area contributed by atoms with E-state index < -0.39 is 59.6 Å². The second-order valence-electron chi connectivity index (χ2n) is 11.2. The van der Waals surface area contributed by atoms with Crippen molar-refractivity contribution in [2.75, 3.05) is 0 Å². The average molecular weight is 719 g/mol. The number of hydrogen-bond donors (Lipinski definition) is 5. The fourth-order valence-electron chi connectivity index (χ4n) is 5.11. The number of nitrogens with two attached hydrogens (primary N) is 2. The summed E-state index contributed by atoms with van der Waals surface area (Å²) >= 11 is 2.16. The lowest BCUT2D eigenvalue weighted by molar-refractivity contribution is -0.144. The van der Waals surface area contributed by atoms with Crippen LogP contribution in [-0.4, -0.2) is 64.5 Å². The first-order valence-corrected chi connectivity index (χ1v) is 15.4. The molecule has 0 aliphatic carbocycles. The third-order valence-corrected chi connectivity index (χ3v) is 8.17. The maximum atomic E-state index is 14.2. The molecule has 0 bridgehead atoms. The number of primary amides is 2. The molecule has 0 unspecified atom stereocenters. The maximum absolute atomic E-state index is 14.2. The summed E-state index contributed by atoms with van der Waals surface area (Å²) in [6, 6.07) is 10.6. The van der Waals surface area contributed by atoms with E-state index in [-0.39, 0.29) is 38.1 Å². The van der Waals surface area contributed by atoms with Gasteiger partial charge in [0, 0.05) is 36.3 Å². The fourth-order valence-corrected chi connectivity index (χ4v) is 5.47. The van der Waals surface area contributed by atoms with Crippen molar-refractivity contribution >= 4 is 58.0 Å². The molecule has 12 nitrogen and oxygen atoms in total. The minimum absolute atomic E-state index is 0.0854. The van der Waals surface area contributed by atoms with E-state index in [0.717, 1.165) is 20.3 Å². The van der Waals surface area contributed by atoms with Crippen LogP contribution in [0.1, 0.15) is 50.3 Å². The van der Waals surface area contributed by atoms with Crippen molar-refractivity contribution in [2.24, 2.45) is 17.4 Å². The lowest BCUT2D eigenvalue weighted by Gasteiger charge is -2.37. The van der Waals surface area contributed by atoms with Crippen LogP contribution in [0.5, 0.6) is 0 Å². The summed E-state index contributed by atoms with van der Waals surface area (Å²) in [6.45, 7) is 4.87. The van der Waals surface area contributed by atoms with Crippen LogP contribution in [0, 0.1) is 9.49 Å². The molecule has 236 valence electrons. The Morgan fingerprint density at radius 1 is 0.886 bits per heavy atom. The highest BCUT2D eigenvalue weighted by atomic mass is 127. The Hall–Kier alpha value is -4.01. The molecule has 4 atom stereocenters. The second-order valence-corrected chi connectivity index (χ2v) is 12.5. The topological polar surface area (TPSA) is 194 Å². The number of fused-ring (bicyclic) bond motifs is 1. The zero-order valence-corrected chi connectivity index (χ0v) is 27.1. The van der Waals surface area contributed by atoms with Gasteiger partial charge < -0.3 is 32.3 Å². The number of nitrogens with zero attached hydrogens (tertiary/aromatic N) is 1. The van der Waals surface area contributed by atoms with Crippen molar-refractivity contribution in [2.45, 2.75) is 77.2 Å². The van der Waals surface area contributed by atoms with E-state index in [1.54, 1.807) is 13.8 Å². The van der Waals surface area contributed by atoms with E-state index in [9.17, 15) is 28.8 Å². The molecule has 1 aliphatic heterocycles. The summed E-state index contributed by atoms with van der Waals surface area (Å²) in [5, 5.41) is 7.95. The molecule has 1 aliphatic rings.